The van der Waals surface area contributed by atoms with E-state index in [-0.39, 0.29) is 11.9 Å². The second kappa shape index (κ2) is 11.7. The minimum absolute atomic E-state index is 0.220. The van der Waals surface area contributed by atoms with Crippen molar-refractivity contribution in [1.29, 1.82) is 0 Å². The van der Waals surface area contributed by atoms with Crippen LogP contribution in [0.3, 0.4) is 0 Å². The maximum Gasteiger partial charge on any atom is 0.338 e. The minimum Gasteiger partial charge on any atom is -0.462 e. The summed E-state index contributed by atoms with van der Waals surface area (Å²) in [6.45, 7) is 8.77. The first-order valence-corrected chi connectivity index (χ1v) is 12.4. The van der Waals surface area contributed by atoms with Crippen LogP contribution in [0.1, 0.15) is 39.3 Å². The van der Waals surface area contributed by atoms with Crippen molar-refractivity contribution in [3.63, 3.8) is 0 Å². The third-order valence-electron chi connectivity index (χ3n) is 5.36. The maximum absolute atomic E-state index is 13.0. The van der Waals surface area contributed by atoms with E-state index in [1.165, 1.54) is 0 Å². The van der Waals surface area contributed by atoms with Crippen LogP contribution < -0.4 is 16.0 Å². The molecule has 0 saturated heterocycles. The molecule has 2 aromatic carbocycles. The number of hydrogen-bond donors (Lipinski definition) is 3. The van der Waals surface area contributed by atoms with E-state index < -0.39 is 12.1 Å². The summed E-state index contributed by atoms with van der Waals surface area (Å²) in [5.41, 5.74) is 3.09. The molecule has 1 unspecified atom stereocenters. The lowest BCUT2D eigenvalue weighted by Crippen LogP contribution is -2.47. The summed E-state index contributed by atoms with van der Waals surface area (Å²) in [5.74, 6) is -0.159. The SMILES string of the molecule is CCN1C(=S)NC(c2ccc(NC(=O)Nc3ccc(Cl)cc3Cl)cc2)C(C(=O)OCC(C)C)=C1C. The number of nitrogens with one attached hydrogen (secondary N) is 3. The van der Waals surface area contributed by atoms with Crippen molar-refractivity contribution in [3.05, 3.63) is 69.3 Å². The molecule has 1 aliphatic rings. The number of amides is 2. The second-order valence-corrected chi connectivity index (χ2v) is 9.67. The Morgan fingerprint density at radius 2 is 1.83 bits per heavy atom. The molecule has 0 saturated carbocycles. The van der Waals surface area contributed by atoms with Gasteiger partial charge in [-0.3, -0.25) is 0 Å². The van der Waals surface area contributed by atoms with Gasteiger partial charge in [-0.05, 0) is 67.9 Å². The van der Waals surface area contributed by atoms with Gasteiger partial charge < -0.3 is 25.6 Å². The van der Waals surface area contributed by atoms with Gasteiger partial charge in [-0.1, -0.05) is 49.2 Å². The molecule has 7 nitrogen and oxygen atoms in total. The Kier molecular flexibility index (Phi) is 8.99. The van der Waals surface area contributed by atoms with Crippen LogP contribution >= 0.6 is 35.4 Å². The molecule has 2 amide bonds. The van der Waals surface area contributed by atoms with Crippen LogP contribution in [0.15, 0.2) is 53.7 Å². The second-order valence-electron chi connectivity index (χ2n) is 8.44. The summed E-state index contributed by atoms with van der Waals surface area (Å²) >= 11 is 17.5. The van der Waals surface area contributed by atoms with Crippen molar-refractivity contribution < 1.29 is 14.3 Å². The molecule has 35 heavy (non-hydrogen) atoms. The Morgan fingerprint density at radius 3 is 2.43 bits per heavy atom. The lowest BCUT2D eigenvalue weighted by Gasteiger charge is -2.37. The van der Waals surface area contributed by atoms with E-state index in [0.717, 1.165) is 11.3 Å². The number of urea groups is 1. The molecule has 3 rings (SSSR count). The number of anilines is 2. The predicted octanol–water partition coefficient (Wildman–Crippen LogP) is 6.36. The fraction of sp³-hybridized carbons (Fsp3) is 0.320. The highest BCUT2D eigenvalue weighted by atomic mass is 35.5. The van der Waals surface area contributed by atoms with E-state index in [4.69, 9.17) is 40.2 Å². The number of halogens is 2. The summed E-state index contributed by atoms with van der Waals surface area (Å²) in [7, 11) is 0. The van der Waals surface area contributed by atoms with Gasteiger partial charge in [0.15, 0.2) is 5.11 Å². The monoisotopic (exact) mass is 534 g/mol. The lowest BCUT2D eigenvalue weighted by molar-refractivity contribution is -0.140. The molecule has 0 bridgehead atoms. The van der Waals surface area contributed by atoms with Gasteiger partial charge in [0.25, 0.3) is 0 Å². The van der Waals surface area contributed by atoms with Crippen molar-refractivity contribution in [2.75, 3.05) is 23.8 Å². The fourth-order valence-electron chi connectivity index (χ4n) is 3.63. The molecule has 10 heteroatoms. The van der Waals surface area contributed by atoms with Gasteiger partial charge >= 0.3 is 12.0 Å². The first kappa shape index (κ1) is 26.8. The van der Waals surface area contributed by atoms with E-state index in [2.05, 4.69) is 16.0 Å². The topological polar surface area (TPSA) is 82.7 Å². The van der Waals surface area contributed by atoms with Crippen LogP contribution in [-0.2, 0) is 9.53 Å². The summed E-state index contributed by atoms with van der Waals surface area (Å²) in [4.78, 5) is 27.3. The van der Waals surface area contributed by atoms with Crippen molar-refractivity contribution in [3.8, 4) is 0 Å². The number of carbonyl (C=O) groups excluding carboxylic acids is 2. The van der Waals surface area contributed by atoms with Crippen LogP contribution in [0.5, 0.6) is 0 Å². The molecule has 3 N–H and O–H groups in total. The van der Waals surface area contributed by atoms with E-state index in [0.29, 0.717) is 45.3 Å². The summed E-state index contributed by atoms with van der Waals surface area (Å²) < 4.78 is 5.55. The van der Waals surface area contributed by atoms with Gasteiger partial charge in [-0.25, -0.2) is 9.59 Å². The molecule has 1 aliphatic heterocycles. The number of esters is 1. The Morgan fingerprint density at radius 1 is 1.14 bits per heavy atom. The number of allylic oxidation sites excluding steroid dienone is 1. The summed E-state index contributed by atoms with van der Waals surface area (Å²) in [5, 5.41) is 10.1. The molecule has 1 heterocycles. The fourth-order valence-corrected chi connectivity index (χ4v) is 4.47. The third kappa shape index (κ3) is 6.66. The quantitative estimate of drug-likeness (QED) is 0.283. The Bertz CT molecular complexity index is 1150. The van der Waals surface area contributed by atoms with Crippen LogP contribution in [-0.4, -0.2) is 35.2 Å². The Hall–Kier alpha value is -2.81. The van der Waals surface area contributed by atoms with Gasteiger partial charge in [0.1, 0.15) is 0 Å². The zero-order valence-electron chi connectivity index (χ0n) is 19.9. The average Bonchev–Trinajstić information content (AvgIpc) is 2.80. The summed E-state index contributed by atoms with van der Waals surface area (Å²) in [6.07, 6.45) is 0. The molecule has 0 radical (unpaired) electrons. The minimum atomic E-state index is -0.472. The van der Waals surface area contributed by atoms with Gasteiger partial charge in [-0.2, -0.15) is 0 Å². The van der Waals surface area contributed by atoms with Crippen molar-refractivity contribution in [2.24, 2.45) is 5.92 Å². The van der Waals surface area contributed by atoms with Crippen molar-refractivity contribution in [1.82, 2.24) is 10.2 Å². The van der Waals surface area contributed by atoms with Gasteiger partial charge in [0.2, 0.25) is 0 Å². The number of carbonyl (C=O) groups is 2. The van der Waals surface area contributed by atoms with Gasteiger partial charge in [-0.15, -0.1) is 0 Å². The molecular formula is C25H28Cl2N4O3S. The van der Waals surface area contributed by atoms with E-state index >= 15 is 0 Å². The van der Waals surface area contributed by atoms with Crippen molar-refractivity contribution in [2.45, 2.75) is 33.7 Å². The third-order valence-corrected chi connectivity index (χ3v) is 6.25. The number of nitrogens with zero attached hydrogens (tertiary/aromatic N) is 1. The zero-order valence-corrected chi connectivity index (χ0v) is 22.3. The molecule has 0 spiro atoms. The Labute approximate surface area is 220 Å². The number of hydrogen-bond acceptors (Lipinski definition) is 4. The average molecular weight is 535 g/mol. The van der Waals surface area contributed by atoms with Crippen LogP contribution in [0.2, 0.25) is 10.0 Å². The maximum atomic E-state index is 13.0. The smallest absolute Gasteiger partial charge is 0.338 e. The first-order chi connectivity index (χ1) is 16.6. The zero-order chi connectivity index (χ0) is 25.7. The highest BCUT2D eigenvalue weighted by molar-refractivity contribution is 7.80. The Balaban J connectivity index is 1.78. The van der Waals surface area contributed by atoms with Crippen LogP contribution in [0.4, 0.5) is 16.2 Å². The number of thiocarbonyl (C=S) groups is 1. The lowest BCUT2D eigenvalue weighted by atomic mass is 9.95. The standard InChI is InChI=1S/C25H28Cl2N4O3S/c1-5-31-15(4)21(23(32)34-13-14(2)3)22(30-25(31)35)16-6-9-18(10-7-16)28-24(33)29-20-11-8-17(26)12-19(20)27/h6-12,14,22H,5,13H2,1-4H3,(H,30,35)(H2,28,29,33). The highest BCUT2D eigenvalue weighted by Crippen LogP contribution is 2.32. The normalized spacial score (nSPS) is 15.7. The molecule has 0 fully saturated rings. The summed E-state index contributed by atoms with van der Waals surface area (Å²) in [6, 6.07) is 11.0. The van der Waals surface area contributed by atoms with Gasteiger partial charge in [0, 0.05) is 23.0 Å². The molecule has 1 atom stereocenters. The molecule has 0 aliphatic carbocycles. The predicted molar refractivity (Wildman–Crippen MR) is 145 cm³/mol. The van der Waals surface area contributed by atoms with Crippen LogP contribution in [0.25, 0.3) is 0 Å². The van der Waals surface area contributed by atoms with Crippen LogP contribution in [0, 0.1) is 5.92 Å². The largest absolute Gasteiger partial charge is 0.462 e. The molecule has 186 valence electrons. The first-order valence-electron chi connectivity index (χ1n) is 11.2. The van der Waals surface area contributed by atoms with Crippen molar-refractivity contribution >= 4 is 63.9 Å². The van der Waals surface area contributed by atoms with Gasteiger partial charge in [0.05, 0.1) is 28.9 Å². The molecule has 2 aromatic rings. The number of rotatable bonds is 7. The molecule has 0 aromatic heterocycles. The molecular weight excluding hydrogens is 507 g/mol. The van der Waals surface area contributed by atoms with E-state index in [9.17, 15) is 9.59 Å². The number of ether oxygens (including phenoxy) is 1. The number of benzene rings is 2. The van der Waals surface area contributed by atoms with E-state index in [1.807, 2.05) is 44.7 Å². The highest BCUT2D eigenvalue weighted by Gasteiger charge is 2.34. The van der Waals surface area contributed by atoms with E-state index in [1.54, 1.807) is 30.3 Å².